The standard InChI is InChI=1S/C6H10F2N2O/c1-2-10-3-4(5(7)8)9-6(10)11/h4-5H,2-3H2,1H3,(H,9,11)/t4-/m0/s1. The van der Waals surface area contributed by atoms with Gasteiger partial charge in [0.25, 0.3) is 6.43 Å². The zero-order chi connectivity index (χ0) is 8.43. The van der Waals surface area contributed by atoms with Crippen LogP contribution in [0.1, 0.15) is 6.92 Å². The van der Waals surface area contributed by atoms with Crippen molar-refractivity contribution in [2.45, 2.75) is 19.4 Å². The van der Waals surface area contributed by atoms with Crippen molar-refractivity contribution in [1.82, 2.24) is 10.2 Å². The summed E-state index contributed by atoms with van der Waals surface area (Å²) in [7, 11) is 0. The van der Waals surface area contributed by atoms with Gasteiger partial charge in [-0.2, -0.15) is 0 Å². The first kappa shape index (κ1) is 8.23. The first-order valence-corrected chi connectivity index (χ1v) is 3.48. The molecule has 0 aromatic carbocycles. The lowest BCUT2D eigenvalue weighted by Gasteiger charge is -2.09. The minimum absolute atomic E-state index is 0.118. The SMILES string of the molecule is CCN1C[C@@H](C(F)F)NC1=O. The van der Waals surface area contributed by atoms with Crippen LogP contribution in [0.25, 0.3) is 0 Å². The van der Waals surface area contributed by atoms with E-state index in [0.29, 0.717) is 6.54 Å². The summed E-state index contributed by atoms with van der Waals surface area (Å²) < 4.78 is 24.0. The Morgan fingerprint density at radius 1 is 1.82 bits per heavy atom. The molecule has 0 radical (unpaired) electrons. The second-order valence-electron chi connectivity index (χ2n) is 2.43. The largest absolute Gasteiger partial charge is 0.328 e. The number of rotatable bonds is 2. The molecule has 3 nitrogen and oxygen atoms in total. The van der Waals surface area contributed by atoms with Crippen LogP contribution in [-0.2, 0) is 0 Å². The van der Waals surface area contributed by atoms with Gasteiger partial charge < -0.3 is 10.2 Å². The molecule has 11 heavy (non-hydrogen) atoms. The van der Waals surface area contributed by atoms with E-state index in [0.717, 1.165) is 0 Å². The summed E-state index contributed by atoms with van der Waals surface area (Å²) in [5.41, 5.74) is 0. The topological polar surface area (TPSA) is 32.3 Å². The molecule has 0 spiro atoms. The normalized spacial score (nSPS) is 24.5. The Morgan fingerprint density at radius 2 is 2.45 bits per heavy atom. The fourth-order valence-corrected chi connectivity index (χ4v) is 1.03. The molecule has 0 aromatic rings. The minimum atomic E-state index is -2.46. The number of hydrogen-bond donors (Lipinski definition) is 1. The number of nitrogens with one attached hydrogen (secondary N) is 1. The van der Waals surface area contributed by atoms with Crippen molar-refractivity contribution < 1.29 is 13.6 Å². The smallest absolute Gasteiger partial charge is 0.317 e. The number of halogens is 2. The van der Waals surface area contributed by atoms with Crippen molar-refractivity contribution in [3.63, 3.8) is 0 Å². The zero-order valence-electron chi connectivity index (χ0n) is 6.18. The molecule has 1 rings (SSSR count). The Balaban J connectivity index is 2.49. The molecule has 1 saturated heterocycles. The predicted molar refractivity (Wildman–Crippen MR) is 35.6 cm³/mol. The molecule has 1 heterocycles. The third-order valence-electron chi connectivity index (χ3n) is 1.70. The lowest BCUT2D eigenvalue weighted by Crippen LogP contribution is -2.32. The van der Waals surface area contributed by atoms with Gasteiger partial charge in [0.2, 0.25) is 0 Å². The monoisotopic (exact) mass is 164 g/mol. The van der Waals surface area contributed by atoms with Gasteiger partial charge in [-0.05, 0) is 6.92 Å². The lowest BCUT2D eigenvalue weighted by atomic mass is 10.3. The minimum Gasteiger partial charge on any atom is -0.328 e. The van der Waals surface area contributed by atoms with Crippen molar-refractivity contribution in [2.75, 3.05) is 13.1 Å². The van der Waals surface area contributed by atoms with Gasteiger partial charge in [0.15, 0.2) is 0 Å². The van der Waals surface area contributed by atoms with Gasteiger partial charge in [-0.15, -0.1) is 0 Å². The van der Waals surface area contributed by atoms with Crippen molar-refractivity contribution in [1.29, 1.82) is 0 Å². The van der Waals surface area contributed by atoms with Crippen molar-refractivity contribution in [3.8, 4) is 0 Å². The summed E-state index contributed by atoms with van der Waals surface area (Å²) in [5, 5.41) is 2.19. The maximum absolute atomic E-state index is 12.0. The van der Waals surface area contributed by atoms with Crippen LogP contribution < -0.4 is 5.32 Å². The van der Waals surface area contributed by atoms with E-state index in [1.165, 1.54) is 4.90 Å². The van der Waals surface area contributed by atoms with E-state index < -0.39 is 18.5 Å². The maximum atomic E-state index is 12.0. The third kappa shape index (κ3) is 1.58. The van der Waals surface area contributed by atoms with Gasteiger partial charge in [0, 0.05) is 13.1 Å². The lowest BCUT2D eigenvalue weighted by molar-refractivity contribution is 0.108. The molecule has 1 aliphatic heterocycles. The second kappa shape index (κ2) is 3.02. The third-order valence-corrected chi connectivity index (χ3v) is 1.70. The Morgan fingerprint density at radius 3 is 2.73 bits per heavy atom. The summed E-state index contributed by atoms with van der Waals surface area (Å²) in [4.78, 5) is 12.2. The van der Waals surface area contributed by atoms with Crippen LogP contribution in [-0.4, -0.2) is 36.5 Å². The Bertz CT molecular complexity index is 163. The van der Waals surface area contributed by atoms with Crippen LogP contribution in [0.5, 0.6) is 0 Å². The molecule has 1 aliphatic rings. The fourth-order valence-electron chi connectivity index (χ4n) is 1.03. The van der Waals surface area contributed by atoms with E-state index in [2.05, 4.69) is 5.32 Å². The molecule has 1 atom stereocenters. The summed E-state index contributed by atoms with van der Waals surface area (Å²) in [6.45, 7) is 2.36. The molecule has 0 aliphatic carbocycles. The van der Waals surface area contributed by atoms with E-state index in [9.17, 15) is 13.6 Å². The highest BCUT2D eigenvalue weighted by Crippen LogP contribution is 2.09. The number of hydrogen-bond acceptors (Lipinski definition) is 1. The summed E-state index contributed by atoms with van der Waals surface area (Å²) >= 11 is 0. The molecule has 1 N–H and O–H groups in total. The quantitative estimate of drug-likeness (QED) is 0.639. The summed E-state index contributed by atoms with van der Waals surface area (Å²) in [6, 6.07) is -1.37. The average Bonchev–Trinajstić information content (AvgIpc) is 2.31. The van der Waals surface area contributed by atoms with Crippen LogP contribution >= 0.6 is 0 Å². The highest BCUT2D eigenvalue weighted by Gasteiger charge is 2.33. The molecule has 1 fully saturated rings. The molecule has 0 aromatic heterocycles. The maximum Gasteiger partial charge on any atom is 0.317 e. The number of alkyl halides is 2. The number of amides is 2. The highest BCUT2D eigenvalue weighted by atomic mass is 19.3. The summed E-state index contributed by atoms with van der Waals surface area (Å²) in [6.07, 6.45) is -2.46. The highest BCUT2D eigenvalue weighted by molar-refractivity contribution is 5.76. The molecule has 5 heteroatoms. The zero-order valence-corrected chi connectivity index (χ0v) is 6.18. The number of urea groups is 1. The van der Waals surface area contributed by atoms with Crippen molar-refractivity contribution >= 4 is 6.03 Å². The van der Waals surface area contributed by atoms with Crippen LogP contribution in [0.3, 0.4) is 0 Å². The Hall–Kier alpha value is -0.870. The second-order valence-corrected chi connectivity index (χ2v) is 2.43. The molecule has 2 amide bonds. The molecule has 64 valence electrons. The van der Waals surface area contributed by atoms with E-state index in [-0.39, 0.29) is 6.54 Å². The number of nitrogens with zero attached hydrogens (tertiary/aromatic N) is 1. The van der Waals surface area contributed by atoms with Gasteiger partial charge in [-0.25, -0.2) is 13.6 Å². The molecule has 0 bridgehead atoms. The van der Waals surface area contributed by atoms with E-state index >= 15 is 0 Å². The molecular weight excluding hydrogens is 154 g/mol. The predicted octanol–water partition coefficient (Wildman–Crippen LogP) is 0.665. The first-order chi connectivity index (χ1) is 5.15. The van der Waals surface area contributed by atoms with Gasteiger partial charge >= 0.3 is 6.03 Å². The van der Waals surface area contributed by atoms with Gasteiger partial charge in [-0.1, -0.05) is 0 Å². The Labute approximate surface area is 63.4 Å². The number of likely N-dealkylation sites (N-methyl/N-ethyl adjacent to an activating group) is 1. The van der Waals surface area contributed by atoms with Gasteiger partial charge in [0.1, 0.15) is 6.04 Å². The molecule has 0 unspecified atom stereocenters. The van der Waals surface area contributed by atoms with Crippen LogP contribution in [0, 0.1) is 0 Å². The fraction of sp³-hybridized carbons (Fsp3) is 0.833. The van der Waals surface area contributed by atoms with Gasteiger partial charge in [-0.3, -0.25) is 0 Å². The number of carbonyl (C=O) groups excluding carboxylic acids is 1. The van der Waals surface area contributed by atoms with Crippen molar-refractivity contribution in [2.24, 2.45) is 0 Å². The average molecular weight is 164 g/mol. The van der Waals surface area contributed by atoms with E-state index in [4.69, 9.17) is 0 Å². The van der Waals surface area contributed by atoms with Crippen LogP contribution in [0.15, 0.2) is 0 Å². The van der Waals surface area contributed by atoms with Crippen LogP contribution in [0.4, 0.5) is 13.6 Å². The summed E-state index contributed by atoms with van der Waals surface area (Å²) in [5.74, 6) is 0. The van der Waals surface area contributed by atoms with Crippen molar-refractivity contribution in [3.05, 3.63) is 0 Å². The number of carbonyl (C=O) groups is 1. The van der Waals surface area contributed by atoms with Crippen LogP contribution in [0.2, 0.25) is 0 Å². The molecule has 0 saturated carbocycles. The van der Waals surface area contributed by atoms with E-state index in [1.807, 2.05) is 0 Å². The Kier molecular flexibility index (Phi) is 2.26. The van der Waals surface area contributed by atoms with Gasteiger partial charge in [0.05, 0.1) is 0 Å². The van der Waals surface area contributed by atoms with E-state index in [1.54, 1.807) is 6.92 Å². The molecular formula is C6H10F2N2O. The first-order valence-electron chi connectivity index (χ1n) is 3.48.